The molecule has 0 bridgehead atoms. The molecule has 102 valence electrons. The summed E-state index contributed by atoms with van der Waals surface area (Å²) in [5, 5.41) is 4.37. The maximum atomic E-state index is 11.9. The Labute approximate surface area is 113 Å². The van der Waals surface area contributed by atoms with Gasteiger partial charge in [-0.05, 0) is 26.8 Å². The lowest BCUT2D eigenvalue weighted by molar-refractivity contribution is -0.147. The van der Waals surface area contributed by atoms with Crippen molar-refractivity contribution >= 4 is 22.6 Å². The number of hydrogen-bond donors (Lipinski definition) is 1. The second-order valence-electron chi connectivity index (χ2n) is 5.14. The van der Waals surface area contributed by atoms with Crippen LogP contribution in [0.25, 0.3) is 10.9 Å². The Kier molecular flexibility index (Phi) is 3.51. The molecule has 0 fully saturated rings. The first-order valence-electron chi connectivity index (χ1n) is 6.45. The zero-order valence-electron chi connectivity index (χ0n) is 11.9. The lowest BCUT2D eigenvalue weighted by atomic mass is 10.1. The Bertz CT molecular complexity index is 599. The molecular weight excluding hydrogens is 240 g/mol. The topological polar surface area (TPSA) is 43.3 Å². The van der Waals surface area contributed by atoms with Gasteiger partial charge in [-0.3, -0.25) is 0 Å². The summed E-state index contributed by atoms with van der Waals surface area (Å²) in [7, 11) is 1.99. The van der Waals surface area contributed by atoms with E-state index in [1.165, 1.54) is 0 Å². The van der Waals surface area contributed by atoms with Gasteiger partial charge < -0.3 is 14.6 Å². The zero-order valence-corrected chi connectivity index (χ0v) is 11.9. The fraction of sp³-hybridized carbons (Fsp3) is 0.400. The number of benzene rings is 1. The molecule has 0 saturated carbocycles. The number of aryl methyl sites for hydroxylation is 1. The molecule has 0 aliphatic carbocycles. The van der Waals surface area contributed by atoms with Gasteiger partial charge in [0.25, 0.3) is 0 Å². The van der Waals surface area contributed by atoms with E-state index in [1.807, 2.05) is 56.8 Å². The van der Waals surface area contributed by atoms with Gasteiger partial charge in [-0.2, -0.15) is 0 Å². The minimum atomic E-state index is -0.750. The van der Waals surface area contributed by atoms with Crippen molar-refractivity contribution in [3.63, 3.8) is 0 Å². The van der Waals surface area contributed by atoms with Gasteiger partial charge in [-0.15, -0.1) is 0 Å². The number of carbonyl (C=O) groups is 1. The summed E-state index contributed by atoms with van der Waals surface area (Å²) in [6.07, 6.45) is 1.99. The second kappa shape index (κ2) is 4.96. The quantitative estimate of drug-likeness (QED) is 0.859. The minimum Gasteiger partial charge on any atom is -0.464 e. The normalized spacial score (nSPS) is 11.6. The molecule has 19 heavy (non-hydrogen) atoms. The smallest absolute Gasteiger partial charge is 0.331 e. The Hall–Kier alpha value is -1.97. The van der Waals surface area contributed by atoms with Crippen molar-refractivity contribution in [2.75, 3.05) is 11.9 Å². The highest BCUT2D eigenvalue weighted by Crippen LogP contribution is 2.27. The van der Waals surface area contributed by atoms with Crippen molar-refractivity contribution in [2.24, 2.45) is 7.05 Å². The first-order valence-corrected chi connectivity index (χ1v) is 6.45. The van der Waals surface area contributed by atoms with Gasteiger partial charge in [0, 0.05) is 24.1 Å². The molecule has 0 saturated heterocycles. The van der Waals surface area contributed by atoms with Gasteiger partial charge in [-0.1, -0.05) is 18.2 Å². The number of esters is 1. The van der Waals surface area contributed by atoms with Gasteiger partial charge in [0.15, 0.2) is 0 Å². The van der Waals surface area contributed by atoms with E-state index in [4.69, 9.17) is 4.74 Å². The van der Waals surface area contributed by atoms with Crippen LogP contribution in [0.5, 0.6) is 0 Å². The van der Waals surface area contributed by atoms with Crippen LogP contribution in [-0.2, 0) is 16.6 Å². The average Bonchev–Trinajstić information content (AvgIpc) is 2.67. The molecule has 4 nitrogen and oxygen atoms in total. The third kappa shape index (κ3) is 2.57. The Morgan fingerprint density at radius 3 is 2.74 bits per heavy atom. The van der Waals surface area contributed by atoms with Crippen LogP contribution in [-0.4, -0.2) is 22.7 Å². The number of hydrogen-bond acceptors (Lipinski definition) is 3. The number of fused-ring (bicyclic) bond motifs is 1. The Morgan fingerprint density at radius 1 is 1.37 bits per heavy atom. The summed E-state index contributed by atoms with van der Waals surface area (Å²) < 4.78 is 7.13. The largest absolute Gasteiger partial charge is 0.464 e. The van der Waals surface area contributed by atoms with E-state index < -0.39 is 5.54 Å². The molecule has 1 heterocycles. The number of anilines is 1. The number of nitrogens with zero attached hydrogens (tertiary/aromatic N) is 1. The minimum absolute atomic E-state index is 0.247. The maximum absolute atomic E-state index is 11.9. The average molecular weight is 260 g/mol. The van der Waals surface area contributed by atoms with E-state index in [9.17, 15) is 4.79 Å². The van der Waals surface area contributed by atoms with E-state index in [1.54, 1.807) is 0 Å². The summed E-state index contributed by atoms with van der Waals surface area (Å²) in [6.45, 7) is 5.85. The summed E-state index contributed by atoms with van der Waals surface area (Å²) in [5.41, 5.74) is 1.32. The third-order valence-electron chi connectivity index (χ3n) is 3.13. The van der Waals surface area contributed by atoms with Crippen molar-refractivity contribution in [3.05, 3.63) is 30.5 Å². The molecule has 0 amide bonds. The van der Waals surface area contributed by atoms with Gasteiger partial charge in [0.05, 0.1) is 12.3 Å². The van der Waals surface area contributed by atoms with E-state index in [2.05, 4.69) is 11.4 Å². The molecule has 2 rings (SSSR count). The first-order chi connectivity index (χ1) is 8.95. The molecule has 0 spiro atoms. The highest BCUT2D eigenvalue weighted by Gasteiger charge is 2.29. The van der Waals surface area contributed by atoms with Gasteiger partial charge in [-0.25, -0.2) is 4.79 Å². The van der Waals surface area contributed by atoms with E-state index >= 15 is 0 Å². The van der Waals surface area contributed by atoms with Crippen molar-refractivity contribution in [2.45, 2.75) is 26.3 Å². The van der Waals surface area contributed by atoms with Crippen molar-refractivity contribution < 1.29 is 9.53 Å². The number of para-hydroxylation sites is 1. The van der Waals surface area contributed by atoms with Crippen molar-refractivity contribution in [1.29, 1.82) is 0 Å². The molecule has 1 aromatic carbocycles. The summed E-state index contributed by atoms with van der Waals surface area (Å²) in [6, 6.07) is 8.09. The van der Waals surface area contributed by atoms with Crippen LogP contribution in [0, 0.1) is 0 Å². The number of nitrogens with one attached hydrogen (secondary N) is 1. The highest BCUT2D eigenvalue weighted by molar-refractivity contribution is 5.95. The number of rotatable bonds is 4. The maximum Gasteiger partial charge on any atom is 0.331 e. The molecule has 0 aliphatic heterocycles. The number of ether oxygens (including phenoxy) is 1. The first kappa shape index (κ1) is 13.5. The summed E-state index contributed by atoms with van der Waals surface area (Å²) in [5.74, 6) is -0.247. The third-order valence-corrected chi connectivity index (χ3v) is 3.13. The molecule has 1 aromatic heterocycles. The molecule has 0 unspecified atom stereocenters. The summed E-state index contributed by atoms with van der Waals surface area (Å²) in [4.78, 5) is 11.9. The molecule has 0 atom stereocenters. The lowest BCUT2D eigenvalue weighted by Gasteiger charge is -2.24. The van der Waals surface area contributed by atoms with E-state index in [0.29, 0.717) is 6.61 Å². The second-order valence-corrected chi connectivity index (χ2v) is 5.14. The van der Waals surface area contributed by atoms with Crippen LogP contribution in [0.3, 0.4) is 0 Å². The van der Waals surface area contributed by atoms with Crippen LogP contribution in [0.15, 0.2) is 30.5 Å². The van der Waals surface area contributed by atoms with E-state index in [-0.39, 0.29) is 5.97 Å². The predicted octanol–water partition coefficient (Wildman–Crippen LogP) is 2.93. The van der Waals surface area contributed by atoms with Gasteiger partial charge in [0.1, 0.15) is 5.54 Å². The molecule has 2 aromatic rings. The van der Waals surface area contributed by atoms with Crippen LogP contribution >= 0.6 is 0 Å². The standard InChI is InChI=1S/C15H20N2O2/c1-5-19-14(18)15(2,3)16-12-10-17(4)13-9-7-6-8-11(12)13/h6-10,16H,5H2,1-4H3. The fourth-order valence-electron chi connectivity index (χ4n) is 2.14. The molecule has 0 aliphatic rings. The van der Waals surface area contributed by atoms with Crippen LogP contribution in [0.2, 0.25) is 0 Å². The van der Waals surface area contributed by atoms with Crippen LogP contribution in [0.1, 0.15) is 20.8 Å². The van der Waals surface area contributed by atoms with E-state index in [0.717, 1.165) is 16.6 Å². The van der Waals surface area contributed by atoms with Crippen molar-refractivity contribution in [3.8, 4) is 0 Å². The monoisotopic (exact) mass is 260 g/mol. The Morgan fingerprint density at radius 2 is 2.05 bits per heavy atom. The van der Waals surface area contributed by atoms with Gasteiger partial charge in [0.2, 0.25) is 0 Å². The van der Waals surface area contributed by atoms with Crippen LogP contribution < -0.4 is 5.32 Å². The SMILES string of the molecule is CCOC(=O)C(C)(C)Nc1cn(C)c2ccccc12. The molecule has 1 N–H and O–H groups in total. The molecule has 4 heteroatoms. The van der Waals surface area contributed by atoms with Crippen molar-refractivity contribution in [1.82, 2.24) is 4.57 Å². The van der Waals surface area contributed by atoms with Gasteiger partial charge >= 0.3 is 5.97 Å². The number of carbonyl (C=O) groups excluding carboxylic acids is 1. The summed E-state index contributed by atoms with van der Waals surface area (Å²) >= 11 is 0. The highest BCUT2D eigenvalue weighted by atomic mass is 16.5. The number of aromatic nitrogens is 1. The molecular formula is C15H20N2O2. The Balaban J connectivity index is 2.33. The fourth-order valence-corrected chi connectivity index (χ4v) is 2.14. The van der Waals surface area contributed by atoms with Crippen LogP contribution in [0.4, 0.5) is 5.69 Å². The predicted molar refractivity (Wildman–Crippen MR) is 77.3 cm³/mol. The molecule has 0 radical (unpaired) electrons. The zero-order chi connectivity index (χ0) is 14.0. The lowest BCUT2D eigenvalue weighted by Crippen LogP contribution is -2.41.